The molecule has 76 valence electrons. The maximum Gasteiger partial charge on any atom is 0.243 e. The molecule has 0 atom stereocenters. The Kier molecular flexibility index (Phi) is 3.91. The second kappa shape index (κ2) is 5.21. The lowest BCUT2D eigenvalue weighted by molar-refractivity contribution is -0.116. The topological polar surface area (TPSA) is 46.9 Å². The van der Waals surface area contributed by atoms with Crippen molar-refractivity contribution in [3.63, 3.8) is 0 Å². The fourth-order valence-corrected chi connectivity index (χ4v) is 1.23. The predicted octanol–water partition coefficient (Wildman–Crippen LogP) is 0.748. The monoisotopic (exact) mass is 193 g/mol. The molecule has 0 spiro atoms. The number of aryl methyl sites for hydroxylation is 1. The van der Waals surface area contributed by atoms with E-state index < -0.39 is 0 Å². The average molecular weight is 193 g/mol. The third-order valence-corrected chi connectivity index (χ3v) is 1.96. The molecule has 0 saturated carbocycles. The number of nitrogens with zero attached hydrogens (tertiary/aromatic N) is 2. The van der Waals surface area contributed by atoms with Crippen LogP contribution in [0.15, 0.2) is 25.0 Å². The van der Waals surface area contributed by atoms with Gasteiger partial charge in [0.25, 0.3) is 0 Å². The lowest BCUT2D eigenvalue weighted by atomic mass is 10.4. The fraction of sp³-hybridized carbons (Fsp3) is 0.400. The summed E-state index contributed by atoms with van der Waals surface area (Å²) in [5, 5.41) is 2.72. The van der Waals surface area contributed by atoms with Crippen molar-refractivity contribution in [2.24, 2.45) is 0 Å². The molecule has 1 amide bonds. The van der Waals surface area contributed by atoms with Crippen LogP contribution >= 0.6 is 0 Å². The molecule has 14 heavy (non-hydrogen) atoms. The predicted molar refractivity (Wildman–Crippen MR) is 54.8 cm³/mol. The van der Waals surface area contributed by atoms with Gasteiger partial charge in [0, 0.05) is 31.9 Å². The highest BCUT2D eigenvalue weighted by atomic mass is 16.1. The Hall–Kier alpha value is -1.58. The first kappa shape index (κ1) is 10.5. The Labute approximate surface area is 83.6 Å². The van der Waals surface area contributed by atoms with Crippen molar-refractivity contribution >= 4 is 5.91 Å². The third-order valence-electron chi connectivity index (χ3n) is 1.96. The quantitative estimate of drug-likeness (QED) is 0.701. The van der Waals surface area contributed by atoms with Gasteiger partial charge >= 0.3 is 0 Å². The van der Waals surface area contributed by atoms with Gasteiger partial charge in [-0.05, 0) is 6.08 Å². The van der Waals surface area contributed by atoms with Crippen molar-refractivity contribution in [1.29, 1.82) is 0 Å². The van der Waals surface area contributed by atoms with Gasteiger partial charge in [0.1, 0.15) is 5.82 Å². The summed E-state index contributed by atoms with van der Waals surface area (Å²) >= 11 is 0. The highest BCUT2D eigenvalue weighted by Crippen LogP contribution is 1.97. The van der Waals surface area contributed by atoms with Crippen LogP contribution in [0.3, 0.4) is 0 Å². The number of rotatable bonds is 5. The first-order chi connectivity index (χ1) is 6.77. The zero-order valence-electron chi connectivity index (χ0n) is 8.36. The SMILES string of the molecule is C=CC(=O)NCCn1ccnc1CC. The summed E-state index contributed by atoms with van der Waals surface area (Å²) in [5.41, 5.74) is 0. The van der Waals surface area contributed by atoms with Crippen molar-refractivity contribution < 1.29 is 4.79 Å². The molecule has 0 aliphatic heterocycles. The molecule has 0 bridgehead atoms. The van der Waals surface area contributed by atoms with Gasteiger partial charge < -0.3 is 9.88 Å². The third kappa shape index (κ3) is 2.73. The molecule has 0 saturated heterocycles. The van der Waals surface area contributed by atoms with E-state index in [1.54, 1.807) is 6.20 Å². The summed E-state index contributed by atoms with van der Waals surface area (Å²) in [6.45, 7) is 6.79. The van der Waals surface area contributed by atoms with Gasteiger partial charge in [-0.1, -0.05) is 13.5 Å². The summed E-state index contributed by atoms with van der Waals surface area (Å²) in [5.74, 6) is 0.904. The molecule has 0 fully saturated rings. The summed E-state index contributed by atoms with van der Waals surface area (Å²) in [6, 6.07) is 0. The van der Waals surface area contributed by atoms with Crippen LogP contribution in [-0.4, -0.2) is 22.0 Å². The highest BCUT2D eigenvalue weighted by molar-refractivity contribution is 5.86. The van der Waals surface area contributed by atoms with Crippen LogP contribution in [0.4, 0.5) is 0 Å². The smallest absolute Gasteiger partial charge is 0.243 e. The number of carbonyl (C=O) groups is 1. The molecule has 1 heterocycles. The molecule has 0 aliphatic carbocycles. The van der Waals surface area contributed by atoms with E-state index in [-0.39, 0.29) is 5.91 Å². The summed E-state index contributed by atoms with van der Waals surface area (Å²) in [6.07, 6.45) is 5.87. The Bertz CT molecular complexity index is 317. The minimum atomic E-state index is -0.136. The molecule has 0 aromatic carbocycles. The second-order valence-corrected chi connectivity index (χ2v) is 2.89. The minimum absolute atomic E-state index is 0.136. The molecule has 4 nitrogen and oxygen atoms in total. The van der Waals surface area contributed by atoms with Crippen molar-refractivity contribution in [2.45, 2.75) is 19.9 Å². The van der Waals surface area contributed by atoms with Crippen molar-refractivity contribution in [2.75, 3.05) is 6.54 Å². The molecular formula is C10H15N3O. The molecule has 0 aliphatic rings. The van der Waals surface area contributed by atoms with E-state index in [2.05, 4.69) is 23.8 Å². The summed E-state index contributed by atoms with van der Waals surface area (Å²) in [4.78, 5) is 15.0. The van der Waals surface area contributed by atoms with Gasteiger partial charge in [0.05, 0.1) is 0 Å². The van der Waals surface area contributed by atoms with Crippen LogP contribution in [0.5, 0.6) is 0 Å². The number of amides is 1. The molecular weight excluding hydrogens is 178 g/mol. The Balaban J connectivity index is 2.38. The van der Waals surface area contributed by atoms with Crippen LogP contribution in [-0.2, 0) is 17.8 Å². The lowest BCUT2D eigenvalue weighted by Gasteiger charge is -2.06. The van der Waals surface area contributed by atoms with Crippen LogP contribution < -0.4 is 5.32 Å². The molecule has 0 radical (unpaired) electrons. The fourth-order valence-electron chi connectivity index (χ4n) is 1.23. The van der Waals surface area contributed by atoms with Crippen molar-refractivity contribution in [1.82, 2.24) is 14.9 Å². The summed E-state index contributed by atoms with van der Waals surface area (Å²) in [7, 11) is 0. The second-order valence-electron chi connectivity index (χ2n) is 2.89. The Morgan fingerprint density at radius 3 is 3.21 bits per heavy atom. The zero-order valence-corrected chi connectivity index (χ0v) is 8.36. The van der Waals surface area contributed by atoms with Crippen LogP contribution in [0.1, 0.15) is 12.7 Å². The summed E-state index contributed by atoms with van der Waals surface area (Å²) < 4.78 is 2.03. The van der Waals surface area contributed by atoms with Crippen LogP contribution in [0.2, 0.25) is 0 Å². The maximum atomic E-state index is 10.8. The van der Waals surface area contributed by atoms with E-state index >= 15 is 0 Å². The van der Waals surface area contributed by atoms with Gasteiger partial charge in [-0.2, -0.15) is 0 Å². The van der Waals surface area contributed by atoms with E-state index in [9.17, 15) is 4.79 Å². The van der Waals surface area contributed by atoms with Gasteiger partial charge in [-0.25, -0.2) is 4.98 Å². The lowest BCUT2D eigenvalue weighted by Crippen LogP contribution is -2.25. The van der Waals surface area contributed by atoms with Gasteiger partial charge in [-0.15, -0.1) is 0 Å². The van der Waals surface area contributed by atoms with E-state index in [4.69, 9.17) is 0 Å². The van der Waals surface area contributed by atoms with Crippen LogP contribution in [0.25, 0.3) is 0 Å². The van der Waals surface area contributed by atoms with E-state index in [1.165, 1.54) is 6.08 Å². The van der Waals surface area contributed by atoms with E-state index in [0.29, 0.717) is 6.54 Å². The number of hydrogen-bond donors (Lipinski definition) is 1. The first-order valence-corrected chi connectivity index (χ1v) is 4.68. The highest BCUT2D eigenvalue weighted by Gasteiger charge is 1.99. The minimum Gasteiger partial charge on any atom is -0.351 e. The molecule has 0 unspecified atom stereocenters. The van der Waals surface area contributed by atoms with Crippen LogP contribution in [0, 0.1) is 0 Å². The van der Waals surface area contributed by atoms with E-state index in [1.807, 2.05) is 10.8 Å². The molecule has 1 aromatic heterocycles. The first-order valence-electron chi connectivity index (χ1n) is 4.68. The zero-order chi connectivity index (χ0) is 10.4. The molecule has 1 aromatic rings. The molecule has 1 rings (SSSR count). The number of imidazole rings is 1. The van der Waals surface area contributed by atoms with Gasteiger partial charge in [0.15, 0.2) is 0 Å². The largest absolute Gasteiger partial charge is 0.351 e. The van der Waals surface area contributed by atoms with E-state index in [0.717, 1.165) is 18.8 Å². The number of hydrogen-bond acceptors (Lipinski definition) is 2. The molecule has 1 N–H and O–H groups in total. The Morgan fingerprint density at radius 2 is 2.57 bits per heavy atom. The number of aromatic nitrogens is 2. The van der Waals surface area contributed by atoms with Gasteiger partial charge in [0.2, 0.25) is 5.91 Å². The number of carbonyl (C=O) groups excluding carboxylic acids is 1. The maximum absolute atomic E-state index is 10.8. The molecule has 4 heteroatoms. The van der Waals surface area contributed by atoms with Gasteiger partial charge in [-0.3, -0.25) is 4.79 Å². The van der Waals surface area contributed by atoms with Crippen molar-refractivity contribution in [3.8, 4) is 0 Å². The normalized spacial score (nSPS) is 9.79. The van der Waals surface area contributed by atoms with Crippen molar-refractivity contribution in [3.05, 3.63) is 30.9 Å². The standard InChI is InChI=1S/C10H15N3O/c1-3-9-11-5-7-13(9)8-6-12-10(14)4-2/h4-5,7H,2-3,6,8H2,1H3,(H,12,14). The average Bonchev–Trinajstić information content (AvgIpc) is 2.65. The Morgan fingerprint density at radius 1 is 1.79 bits per heavy atom. The number of nitrogens with one attached hydrogen (secondary N) is 1.